The van der Waals surface area contributed by atoms with Gasteiger partial charge in [0.1, 0.15) is 0 Å². The maximum Gasteiger partial charge on any atom is 0.234 e. The zero-order valence-corrected chi connectivity index (χ0v) is 14.4. The number of hydrogen-bond donors (Lipinski definition) is 1. The summed E-state index contributed by atoms with van der Waals surface area (Å²) in [7, 11) is 0. The van der Waals surface area contributed by atoms with E-state index in [4.69, 9.17) is 0 Å². The predicted octanol–water partition coefficient (Wildman–Crippen LogP) is 3.85. The van der Waals surface area contributed by atoms with Crippen LogP contribution in [-0.4, -0.2) is 24.1 Å². The highest BCUT2D eigenvalue weighted by atomic mass is 32.2. The smallest absolute Gasteiger partial charge is 0.234 e. The number of carbonyl (C=O) groups excluding carboxylic acids is 2. The van der Waals surface area contributed by atoms with Crippen LogP contribution in [0.25, 0.3) is 0 Å². The lowest BCUT2D eigenvalue weighted by atomic mass is 10.2. The van der Waals surface area contributed by atoms with Gasteiger partial charge in [0.05, 0.1) is 5.75 Å². The number of nitrogens with zero attached hydrogens (tertiary/aromatic N) is 1. The van der Waals surface area contributed by atoms with Gasteiger partial charge in [-0.05, 0) is 49.7 Å². The van der Waals surface area contributed by atoms with E-state index in [-0.39, 0.29) is 11.8 Å². The molecule has 0 unspecified atom stereocenters. The second kappa shape index (κ2) is 7.53. The molecule has 0 bridgehead atoms. The summed E-state index contributed by atoms with van der Waals surface area (Å²) in [6.45, 7) is 2.82. The zero-order chi connectivity index (χ0) is 16.9. The molecule has 24 heavy (non-hydrogen) atoms. The average molecular weight is 340 g/mol. The van der Waals surface area contributed by atoms with Gasteiger partial charge in [-0.2, -0.15) is 0 Å². The van der Waals surface area contributed by atoms with Crippen LogP contribution in [0.1, 0.15) is 18.4 Å². The lowest BCUT2D eigenvalue weighted by molar-refractivity contribution is -0.117. The van der Waals surface area contributed by atoms with Crippen molar-refractivity contribution in [1.82, 2.24) is 0 Å². The normalized spacial score (nSPS) is 14.0. The third-order valence-corrected chi connectivity index (χ3v) is 4.94. The molecule has 5 heteroatoms. The number of anilines is 2. The quantitative estimate of drug-likeness (QED) is 0.841. The van der Waals surface area contributed by atoms with Crippen molar-refractivity contribution >= 4 is 35.0 Å². The minimum Gasteiger partial charge on any atom is -0.325 e. The van der Waals surface area contributed by atoms with Crippen LogP contribution in [0.5, 0.6) is 0 Å². The lowest BCUT2D eigenvalue weighted by Gasteiger charge is -2.16. The van der Waals surface area contributed by atoms with E-state index in [2.05, 4.69) is 5.32 Å². The Balaban J connectivity index is 1.52. The maximum atomic E-state index is 12.0. The summed E-state index contributed by atoms with van der Waals surface area (Å²) in [5.41, 5.74) is 2.85. The van der Waals surface area contributed by atoms with Crippen molar-refractivity contribution in [3.8, 4) is 0 Å². The van der Waals surface area contributed by atoms with E-state index >= 15 is 0 Å². The van der Waals surface area contributed by atoms with Crippen molar-refractivity contribution in [2.45, 2.75) is 24.7 Å². The number of carbonyl (C=O) groups is 2. The monoisotopic (exact) mass is 340 g/mol. The SMILES string of the molecule is Cc1ccc(SCC(=O)Nc2ccc(N3CCCC3=O)cc2)cc1. The number of amides is 2. The predicted molar refractivity (Wildman–Crippen MR) is 98.6 cm³/mol. The van der Waals surface area contributed by atoms with Crippen LogP contribution in [0.15, 0.2) is 53.4 Å². The van der Waals surface area contributed by atoms with Crippen molar-refractivity contribution in [3.63, 3.8) is 0 Å². The van der Waals surface area contributed by atoms with E-state index in [1.54, 1.807) is 4.90 Å². The highest BCUT2D eigenvalue weighted by Gasteiger charge is 2.21. The van der Waals surface area contributed by atoms with Crippen LogP contribution in [0, 0.1) is 6.92 Å². The van der Waals surface area contributed by atoms with E-state index in [1.165, 1.54) is 17.3 Å². The van der Waals surface area contributed by atoms with E-state index in [0.717, 1.165) is 29.2 Å². The summed E-state index contributed by atoms with van der Waals surface area (Å²) in [4.78, 5) is 26.7. The average Bonchev–Trinajstić information content (AvgIpc) is 3.01. The summed E-state index contributed by atoms with van der Waals surface area (Å²) in [5.74, 6) is 0.502. The second-order valence-electron chi connectivity index (χ2n) is 5.85. The van der Waals surface area contributed by atoms with Gasteiger partial charge in [-0.15, -0.1) is 11.8 Å². The van der Waals surface area contributed by atoms with Crippen LogP contribution < -0.4 is 10.2 Å². The number of nitrogens with one attached hydrogen (secondary N) is 1. The molecule has 1 fully saturated rings. The number of hydrogen-bond acceptors (Lipinski definition) is 3. The van der Waals surface area contributed by atoms with Crippen molar-refractivity contribution in [2.24, 2.45) is 0 Å². The zero-order valence-electron chi connectivity index (χ0n) is 13.6. The van der Waals surface area contributed by atoms with Crippen LogP contribution in [0.4, 0.5) is 11.4 Å². The van der Waals surface area contributed by atoms with Crippen LogP contribution in [-0.2, 0) is 9.59 Å². The van der Waals surface area contributed by atoms with Gasteiger partial charge < -0.3 is 10.2 Å². The Labute approximate surface area is 146 Å². The first kappa shape index (κ1) is 16.6. The minimum absolute atomic E-state index is 0.0365. The molecule has 1 N–H and O–H groups in total. The molecule has 0 aliphatic carbocycles. The fraction of sp³-hybridized carbons (Fsp3) is 0.263. The van der Waals surface area contributed by atoms with Crippen LogP contribution in [0.2, 0.25) is 0 Å². The fourth-order valence-electron chi connectivity index (χ4n) is 2.63. The summed E-state index contributed by atoms with van der Waals surface area (Å²) in [6, 6.07) is 15.6. The Morgan fingerprint density at radius 2 is 1.83 bits per heavy atom. The molecule has 0 aromatic heterocycles. The summed E-state index contributed by atoms with van der Waals surface area (Å²) < 4.78 is 0. The first-order valence-corrected chi connectivity index (χ1v) is 9.00. The number of thioether (sulfide) groups is 1. The molecule has 1 aliphatic heterocycles. The highest BCUT2D eigenvalue weighted by Crippen LogP contribution is 2.23. The Morgan fingerprint density at radius 1 is 1.12 bits per heavy atom. The Kier molecular flexibility index (Phi) is 5.20. The Bertz CT molecular complexity index is 726. The fourth-order valence-corrected chi connectivity index (χ4v) is 3.32. The van der Waals surface area contributed by atoms with Gasteiger partial charge in [0.15, 0.2) is 0 Å². The Morgan fingerprint density at radius 3 is 2.46 bits per heavy atom. The van der Waals surface area contributed by atoms with Gasteiger partial charge >= 0.3 is 0 Å². The lowest BCUT2D eigenvalue weighted by Crippen LogP contribution is -2.23. The minimum atomic E-state index is -0.0365. The molecule has 3 rings (SSSR count). The molecule has 1 aliphatic rings. The summed E-state index contributed by atoms with van der Waals surface area (Å²) in [5, 5.41) is 2.89. The topological polar surface area (TPSA) is 49.4 Å². The Hall–Kier alpha value is -2.27. The third kappa shape index (κ3) is 4.17. The second-order valence-corrected chi connectivity index (χ2v) is 6.89. The molecule has 1 saturated heterocycles. The molecular weight excluding hydrogens is 320 g/mol. The third-order valence-electron chi connectivity index (χ3n) is 3.93. The molecule has 2 aromatic carbocycles. The summed E-state index contributed by atoms with van der Waals surface area (Å²) in [6.07, 6.45) is 1.53. The van der Waals surface area contributed by atoms with E-state index in [9.17, 15) is 9.59 Å². The molecule has 0 saturated carbocycles. The molecule has 0 radical (unpaired) electrons. The first-order chi connectivity index (χ1) is 11.6. The van der Waals surface area contributed by atoms with Crippen molar-refractivity contribution in [1.29, 1.82) is 0 Å². The summed E-state index contributed by atoms with van der Waals surface area (Å²) >= 11 is 1.52. The standard InChI is InChI=1S/C19H20N2O2S/c1-14-4-10-17(11-5-14)24-13-18(22)20-15-6-8-16(9-7-15)21-12-2-3-19(21)23/h4-11H,2-3,12-13H2,1H3,(H,20,22). The molecule has 1 heterocycles. The molecule has 124 valence electrons. The molecule has 4 nitrogen and oxygen atoms in total. The number of aryl methyl sites for hydroxylation is 1. The van der Waals surface area contributed by atoms with Gasteiger partial charge in [-0.3, -0.25) is 9.59 Å². The molecule has 0 atom stereocenters. The molecular formula is C19H20N2O2S. The molecule has 0 spiro atoms. The van der Waals surface area contributed by atoms with Crippen LogP contribution >= 0.6 is 11.8 Å². The molecule has 2 aromatic rings. The molecule has 2 amide bonds. The van der Waals surface area contributed by atoms with E-state index in [0.29, 0.717) is 12.2 Å². The highest BCUT2D eigenvalue weighted by molar-refractivity contribution is 8.00. The van der Waals surface area contributed by atoms with Gasteiger partial charge in [0.25, 0.3) is 0 Å². The van der Waals surface area contributed by atoms with Gasteiger partial charge in [-0.1, -0.05) is 17.7 Å². The van der Waals surface area contributed by atoms with Crippen molar-refractivity contribution in [2.75, 3.05) is 22.5 Å². The van der Waals surface area contributed by atoms with Gasteiger partial charge in [0.2, 0.25) is 11.8 Å². The van der Waals surface area contributed by atoms with Crippen molar-refractivity contribution < 1.29 is 9.59 Å². The van der Waals surface area contributed by atoms with Crippen LogP contribution in [0.3, 0.4) is 0 Å². The van der Waals surface area contributed by atoms with E-state index < -0.39 is 0 Å². The van der Waals surface area contributed by atoms with E-state index in [1.807, 2.05) is 55.5 Å². The van der Waals surface area contributed by atoms with Crippen molar-refractivity contribution in [3.05, 3.63) is 54.1 Å². The first-order valence-electron chi connectivity index (χ1n) is 8.01. The number of benzene rings is 2. The largest absolute Gasteiger partial charge is 0.325 e. The maximum absolute atomic E-state index is 12.0. The van der Waals surface area contributed by atoms with Gasteiger partial charge in [-0.25, -0.2) is 0 Å². The van der Waals surface area contributed by atoms with Gasteiger partial charge in [0, 0.05) is 29.2 Å². The number of rotatable bonds is 5.